The minimum atomic E-state index is 0.142. The van der Waals surface area contributed by atoms with Crippen molar-refractivity contribution in [3.63, 3.8) is 0 Å². The number of hydrogen-bond donors (Lipinski definition) is 0. The van der Waals surface area contributed by atoms with E-state index in [2.05, 4.69) is 0 Å². The van der Waals surface area contributed by atoms with Gasteiger partial charge in [-0.2, -0.15) is 0 Å². The zero-order chi connectivity index (χ0) is 13.7. The molecule has 0 bridgehead atoms. The number of piperidine rings is 1. The summed E-state index contributed by atoms with van der Waals surface area (Å²) in [4.78, 5) is 13.6. The lowest BCUT2D eigenvalue weighted by Gasteiger charge is -2.32. The van der Waals surface area contributed by atoms with E-state index in [0.717, 1.165) is 30.0 Å². The average molecular weight is 282 g/mol. The van der Waals surface area contributed by atoms with Crippen molar-refractivity contribution in [2.45, 2.75) is 38.9 Å². The number of likely N-dealkylation sites (tertiary alicyclic amines) is 1. The summed E-state index contributed by atoms with van der Waals surface area (Å²) in [5, 5.41) is 0.729. The predicted octanol–water partition coefficient (Wildman–Crippen LogP) is 3.26. The highest BCUT2D eigenvalue weighted by Gasteiger charge is 2.22. The van der Waals surface area contributed by atoms with Gasteiger partial charge in [0.2, 0.25) is 5.91 Å². The van der Waals surface area contributed by atoms with Crippen molar-refractivity contribution >= 4 is 17.5 Å². The van der Waals surface area contributed by atoms with E-state index in [4.69, 9.17) is 16.3 Å². The molecule has 1 atom stereocenters. The number of halogens is 1. The summed E-state index contributed by atoms with van der Waals surface area (Å²) in [6.07, 6.45) is 2.75. The van der Waals surface area contributed by atoms with Crippen LogP contribution in [0.4, 0.5) is 0 Å². The van der Waals surface area contributed by atoms with E-state index in [1.165, 1.54) is 0 Å². The molecule has 1 aliphatic rings. The lowest BCUT2D eigenvalue weighted by atomic mass is 10.1. The standard InChI is InChI=1S/C15H20ClNO2/c1-2-15(18)17-8-4-7-14(10-17)19-11-12-5-3-6-13(16)9-12/h3,5-6,9,14H,2,4,7-8,10-11H2,1H3. The van der Waals surface area contributed by atoms with E-state index >= 15 is 0 Å². The van der Waals surface area contributed by atoms with Gasteiger partial charge in [0, 0.05) is 24.5 Å². The van der Waals surface area contributed by atoms with Gasteiger partial charge in [-0.3, -0.25) is 4.79 Å². The molecule has 3 nitrogen and oxygen atoms in total. The molecule has 4 heteroatoms. The Labute approximate surface area is 119 Å². The smallest absolute Gasteiger partial charge is 0.222 e. The third kappa shape index (κ3) is 4.22. The highest BCUT2D eigenvalue weighted by molar-refractivity contribution is 6.30. The monoisotopic (exact) mass is 281 g/mol. The van der Waals surface area contributed by atoms with Crippen LogP contribution in [-0.2, 0) is 16.1 Å². The molecule has 0 saturated carbocycles. The zero-order valence-electron chi connectivity index (χ0n) is 11.3. The van der Waals surface area contributed by atoms with Crippen LogP contribution in [0.2, 0.25) is 5.02 Å². The fraction of sp³-hybridized carbons (Fsp3) is 0.533. The van der Waals surface area contributed by atoms with Crippen molar-refractivity contribution in [1.82, 2.24) is 4.90 Å². The van der Waals surface area contributed by atoms with Gasteiger partial charge in [-0.05, 0) is 30.5 Å². The molecule has 1 fully saturated rings. The van der Waals surface area contributed by atoms with Crippen LogP contribution >= 0.6 is 11.6 Å². The first-order valence-electron chi connectivity index (χ1n) is 6.83. The van der Waals surface area contributed by atoms with Crippen molar-refractivity contribution in [3.8, 4) is 0 Å². The number of benzene rings is 1. The molecule has 1 aromatic rings. The normalized spacial score (nSPS) is 19.5. The maximum absolute atomic E-state index is 11.7. The summed E-state index contributed by atoms with van der Waals surface area (Å²) in [6.45, 7) is 4.04. The summed E-state index contributed by atoms with van der Waals surface area (Å²) >= 11 is 5.94. The Kier molecular flexibility index (Phi) is 5.23. The van der Waals surface area contributed by atoms with Gasteiger partial charge in [-0.15, -0.1) is 0 Å². The molecule has 0 aromatic heterocycles. The van der Waals surface area contributed by atoms with E-state index in [-0.39, 0.29) is 12.0 Å². The second kappa shape index (κ2) is 6.92. The van der Waals surface area contributed by atoms with Crippen LogP contribution in [-0.4, -0.2) is 30.0 Å². The van der Waals surface area contributed by atoms with Crippen molar-refractivity contribution < 1.29 is 9.53 Å². The van der Waals surface area contributed by atoms with Gasteiger partial charge in [0.1, 0.15) is 0 Å². The maximum atomic E-state index is 11.7. The number of ether oxygens (including phenoxy) is 1. The molecule has 0 aliphatic carbocycles. The van der Waals surface area contributed by atoms with E-state index in [0.29, 0.717) is 19.6 Å². The minimum absolute atomic E-state index is 0.142. The van der Waals surface area contributed by atoms with Crippen LogP contribution in [0.15, 0.2) is 24.3 Å². The molecule has 0 N–H and O–H groups in total. The number of carbonyl (C=O) groups excluding carboxylic acids is 1. The molecule has 104 valence electrons. The Morgan fingerprint density at radius 3 is 3.11 bits per heavy atom. The molecular formula is C15H20ClNO2. The van der Waals surface area contributed by atoms with Crippen LogP contribution in [0.25, 0.3) is 0 Å². The van der Waals surface area contributed by atoms with Gasteiger partial charge < -0.3 is 9.64 Å². The topological polar surface area (TPSA) is 29.5 Å². The number of nitrogens with zero attached hydrogens (tertiary/aromatic N) is 1. The SMILES string of the molecule is CCC(=O)N1CCCC(OCc2cccc(Cl)c2)C1. The number of hydrogen-bond acceptors (Lipinski definition) is 2. The van der Waals surface area contributed by atoms with Crippen molar-refractivity contribution in [3.05, 3.63) is 34.9 Å². The van der Waals surface area contributed by atoms with Gasteiger partial charge in [0.15, 0.2) is 0 Å². The Bertz CT molecular complexity index is 436. The fourth-order valence-corrected chi connectivity index (χ4v) is 2.58. The van der Waals surface area contributed by atoms with Gasteiger partial charge in [0.05, 0.1) is 12.7 Å². The Morgan fingerprint density at radius 1 is 1.53 bits per heavy atom. The van der Waals surface area contributed by atoms with Crippen LogP contribution in [0, 0.1) is 0 Å². The van der Waals surface area contributed by atoms with E-state index in [1.807, 2.05) is 36.1 Å². The summed E-state index contributed by atoms with van der Waals surface area (Å²) in [7, 11) is 0. The van der Waals surface area contributed by atoms with Crippen LogP contribution < -0.4 is 0 Å². The minimum Gasteiger partial charge on any atom is -0.372 e. The van der Waals surface area contributed by atoms with Crippen LogP contribution in [0.1, 0.15) is 31.7 Å². The summed E-state index contributed by atoms with van der Waals surface area (Å²) in [5.74, 6) is 0.219. The first-order chi connectivity index (χ1) is 9.19. The lowest BCUT2D eigenvalue weighted by Crippen LogP contribution is -2.42. The molecule has 0 radical (unpaired) electrons. The Hall–Kier alpha value is -1.06. The first kappa shape index (κ1) is 14.4. The lowest BCUT2D eigenvalue weighted by molar-refractivity contribution is -0.135. The summed E-state index contributed by atoms with van der Waals surface area (Å²) < 4.78 is 5.90. The Morgan fingerprint density at radius 2 is 2.37 bits per heavy atom. The molecule has 1 aromatic carbocycles. The second-order valence-electron chi connectivity index (χ2n) is 4.90. The zero-order valence-corrected chi connectivity index (χ0v) is 12.0. The van der Waals surface area contributed by atoms with Crippen LogP contribution in [0.5, 0.6) is 0 Å². The highest BCUT2D eigenvalue weighted by atomic mass is 35.5. The van der Waals surface area contributed by atoms with Gasteiger partial charge in [-0.25, -0.2) is 0 Å². The van der Waals surface area contributed by atoms with Crippen molar-refractivity contribution in [2.24, 2.45) is 0 Å². The van der Waals surface area contributed by atoms with Crippen molar-refractivity contribution in [2.75, 3.05) is 13.1 Å². The van der Waals surface area contributed by atoms with Gasteiger partial charge in [0.25, 0.3) is 0 Å². The van der Waals surface area contributed by atoms with Crippen LogP contribution in [0.3, 0.4) is 0 Å². The fourth-order valence-electron chi connectivity index (χ4n) is 2.37. The molecular weight excluding hydrogens is 262 g/mol. The third-order valence-corrected chi connectivity index (χ3v) is 3.64. The third-order valence-electron chi connectivity index (χ3n) is 3.41. The Balaban J connectivity index is 1.84. The van der Waals surface area contributed by atoms with Gasteiger partial charge >= 0.3 is 0 Å². The maximum Gasteiger partial charge on any atom is 0.222 e. The van der Waals surface area contributed by atoms with E-state index in [1.54, 1.807) is 0 Å². The molecule has 0 spiro atoms. The molecule has 1 amide bonds. The number of rotatable bonds is 4. The predicted molar refractivity (Wildman–Crippen MR) is 76.1 cm³/mol. The van der Waals surface area contributed by atoms with E-state index < -0.39 is 0 Å². The number of amides is 1. The first-order valence-corrected chi connectivity index (χ1v) is 7.20. The molecule has 19 heavy (non-hydrogen) atoms. The summed E-state index contributed by atoms with van der Waals surface area (Å²) in [6, 6.07) is 7.70. The van der Waals surface area contributed by atoms with Crippen molar-refractivity contribution in [1.29, 1.82) is 0 Å². The van der Waals surface area contributed by atoms with Gasteiger partial charge in [-0.1, -0.05) is 30.7 Å². The number of carbonyl (C=O) groups is 1. The molecule has 1 aliphatic heterocycles. The molecule has 1 saturated heterocycles. The summed E-state index contributed by atoms with van der Waals surface area (Å²) in [5.41, 5.74) is 1.08. The molecule has 1 unspecified atom stereocenters. The highest BCUT2D eigenvalue weighted by Crippen LogP contribution is 2.17. The molecule has 2 rings (SSSR count). The quantitative estimate of drug-likeness (QED) is 0.848. The average Bonchev–Trinajstić information content (AvgIpc) is 2.45. The largest absolute Gasteiger partial charge is 0.372 e. The second-order valence-corrected chi connectivity index (χ2v) is 5.33. The van der Waals surface area contributed by atoms with E-state index in [9.17, 15) is 4.79 Å². The molecule has 1 heterocycles.